The summed E-state index contributed by atoms with van der Waals surface area (Å²) in [6, 6.07) is 16.0. The van der Waals surface area contributed by atoms with Crippen LogP contribution in [0.3, 0.4) is 0 Å². The van der Waals surface area contributed by atoms with Gasteiger partial charge in [0.2, 0.25) is 0 Å². The Labute approximate surface area is 119 Å². The van der Waals surface area contributed by atoms with Crippen molar-refractivity contribution in [3.05, 3.63) is 59.7 Å². The Hall–Kier alpha value is -2.00. The van der Waals surface area contributed by atoms with Crippen molar-refractivity contribution < 1.29 is 5.11 Å². The van der Waals surface area contributed by atoms with E-state index in [9.17, 15) is 5.11 Å². The highest BCUT2D eigenvalue weighted by Gasteiger charge is 2.19. The molecule has 0 bridgehead atoms. The molecule has 3 heteroatoms. The number of hydrogen-bond acceptors (Lipinski definition) is 3. The summed E-state index contributed by atoms with van der Waals surface area (Å²) < 4.78 is 0. The molecule has 1 aliphatic heterocycles. The molecule has 1 heterocycles. The summed E-state index contributed by atoms with van der Waals surface area (Å²) in [4.78, 5) is 2.34. The van der Waals surface area contributed by atoms with Gasteiger partial charge in [0.1, 0.15) is 0 Å². The molecule has 1 unspecified atom stereocenters. The highest BCUT2D eigenvalue weighted by Crippen LogP contribution is 2.29. The van der Waals surface area contributed by atoms with E-state index < -0.39 is 6.10 Å². The van der Waals surface area contributed by atoms with Crippen LogP contribution < -0.4 is 10.6 Å². The van der Waals surface area contributed by atoms with Crippen molar-refractivity contribution in [2.24, 2.45) is 0 Å². The van der Waals surface area contributed by atoms with E-state index in [1.807, 2.05) is 24.3 Å². The van der Waals surface area contributed by atoms with Gasteiger partial charge < -0.3 is 15.7 Å². The van der Waals surface area contributed by atoms with Gasteiger partial charge in [-0.25, -0.2) is 0 Å². The highest BCUT2D eigenvalue weighted by atomic mass is 16.3. The third kappa shape index (κ3) is 2.49. The molecule has 0 aliphatic carbocycles. The molecule has 0 saturated heterocycles. The Morgan fingerprint density at radius 1 is 1.10 bits per heavy atom. The second-order valence-corrected chi connectivity index (χ2v) is 5.30. The van der Waals surface area contributed by atoms with Gasteiger partial charge in [0.25, 0.3) is 0 Å². The number of nitrogens with zero attached hydrogens (tertiary/aromatic N) is 1. The van der Waals surface area contributed by atoms with Crippen LogP contribution in [0.5, 0.6) is 0 Å². The molecule has 104 valence electrons. The Balaban J connectivity index is 1.65. The summed E-state index contributed by atoms with van der Waals surface area (Å²) in [5.74, 6) is 0. The first-order chi connectivity index (χ1) is 9.75. The molecule has 1 atom stereocenters. The maximum absolute atomic E-state index is 10.3. The maximum Gasteiger partial charge on any atom is 0.0826 e. The molecular weight excluding hydrogens is 248 g/mol. The molecule has 1 aliphatic rings. The fraction of sp³-hybridized carbons (Fsp3) is 0.294. The fourth-order valence-corrected chi connectivity index (χ4v) is 2.89. The normalized spacial score (nSPS) is 15.2. The predicted molar refractivity (Wildman–Crippen MR) is 82.8 cm³/mol. The van der Waals surface area contributed by atoms with Crippen LogP contribution in [0.2, 0.25) is 0 Å². The minimum Gasteiger partial charge on any atom is -0.398 e. The monoisotopic (exact) mass is 268 g/mol. The largest absolute Gasteiger partial charge is 0.398 e. The molecule has 0 amide bonds. The average molecular weight is 268 g/mol. The molecule has 0 radical (unpaired) electrons. The van der Waals surface area contributed by atoms with Gasteiger partial charge in [-0.1, -0.05) is 36.4 Å². The van der Waals surface area contributed by atoms with Gasteiger partial charge in [0.15, 0.2) is 0 Å². The summed E-state index contributed by atoms with van der Waals surface area (Å²) in [5, 5.41) is 10.3. The van der Waals surface area contributed by atoms with Gasteiger partial charge >= 0.3 is 0 Å². The number of fused-ring (bicyclic) bond motifs is 1. The van der Waals surface area contributed by atoms with E-state index in [1.54, 1.807) is 0 Å². The smallest absolute Gasteiger partial charge is 0.0826 e. The zero-order valence-electron chi connectivity index (χ0n) is 11.5. The molecule has 3 rings (SSSR count). The maximum atomic E-state index is 10.3. The lowest BCUT2D eigenvalue weighted by Crippen LogP contribution is -2.23. The van der Waals surface area contributed by atoms with Crippen molar-refractivity contribution in [1.29, 1.82) is 0 Å². The molecule has 20 heavy (non-hydrogen) atoms. The van der Waals surface area contributed by atoms with Crippen molar-refractivity contribution in [2.75, 3.05) is 23.7 Å². The van der Waals surface area contributed by atoms with Gasteiger partial charge in [-0.3, -0.25) is 0 Å². The lowest BCUT2D eigenvalue weighted by atomic mass is 10.0. The minimum atomic E-state index is -0.496. The fourth-order valence-electron chi connectivity index (χ4n) is 2.89. The number of anilines is 2. The highest BCUT2D eigenvalue weighted by molar-refractivity contribution is 5.57. The predicted octanol–water partition coefficient (Wildman–Crippen LogP) is 2.76. The van der Waals surface area contributed by atoms with Crippen LogP contribution in [0.15, 0.2) is 48.5 Å². The van der Waals surface area contributed by atoms with E-state index in [-0.39, 0.29) is 0 Å². The second-order valence-electron chi connectivity index (χ2n) is 5.30. The number of aliphatic hydroxyl groups excluding tert-OH is 1. The summed E-state index contributed by atoms with van der Waals surface area (Å²) in [6.45, 7) is 1.89. The third-order valence-corrected chi connectivity index (χ3v) is 4.01. The second kappa shape index (κ2) is 5.55. The van der Waals surface area contributed by atoms with Crippen LogP contribution >= 0.6 is 0 Å². The molecule has 0 fully saturated rings. The Bertz CT molecular complexity index is 597. The van der Waals surface area contributed by atoms with E-state index in [1.165, 1.54) is 11.3 Å². The first-order valence-electron chi connectivity index (χ1n) is 7.11. The van der Waals surface area contributed by atoms with Crippen molar-refractivity contribution in [3.63, 3.8) is 0 Å². The number of benzene rings is 2. The van der Waals surface area contributed by atoms with Gasteiger partial charge in [0.05, 0.1) is 6.10 Å². The van der Waals surface area contributed by atoms with Gasteiger partial charge in [-0.05, 0) is 30.5 Å². The first-order valence-corrected chi connectivity index (χ1v) is 7.11. The number of para-hydroxylation sites is 2. The lowest BCUT2D eigenvalue weighted by Gasteiger charge is -2.21. The van der Waals surface area contributed by atoms with Crippen LogP contribution in [0.4, 0.5) is 11.4 Å². The quantitative estimate of drug-likeness (QED) is 0.838. The molecule has 2 aromatic carbocycles. The van der Waals surface area contributed by atoms with E-state index in [0.29, 0.717) is 12.1 Å². The number of rotatable bonds is 4. The van der Waals surface area contributed by atoms with Crippen molar-refractivity contribution in [3.8, 4) is 0 Å². The Morgan fingerprint density at radius 2 is 1.85 bits per heavy atom. The van der Waals surface area contributed by atoms with E-state index in [4.69, 9.17) is 5.73 Å². The lowest BCUT2D eigenvalue weighted by molar-refractivity contribution is 0.170. The topological polar surface area (TPSA) is 49.5 Å². The summed E-state index contributed by atoms with van der Waals surface area (Å²) in [5.41, 5.74) is 10.1. The zero-order chi connectivity index (χ0) is 13.9. The van der Waals surface area contributed by atoms with Crippen LogP contribution in [-0.2, 0) is 6.42 Å². The van der Waals surface area contributed by atoms with Crippen LogP contribution in [0.25, 0.3) is 0 Å². The zero-order valence-corrected chi connectivity index (χ0v) is 11.5. The number of hydrogen-bond donors (Lipinski definition) is 2. The standard InChI is InChI=1S/C17H20N2O/c18-15-7-3-2-6-14(15)17(20)10-12-19-11-9-13-5-1-4-8-16(13)19/h1-8,17,20H,9-12,18H2. The molecule has 0 spiro atoms. The molecule has 0 saturated carbocycles. The number of aliphatic hydroxyl groups is 1. The third-order valence-electron chi connectivity index (χ3n) is 4.01. The van der Waals surface area contributed by atoms with Gasteiger partial charge in [-0.15, -0.1) is 0 Å². The van der Waals surface area contributed by atoms with Crippen molar-refractivity contribution in [2.45, 2.75) is 18.9 Å². The van der Waals surface area contributed by atoms with Gasteiger partial charge in [-0.2, -0.15) is 0 Å². The summed E-state index contributed by atoms with van der Waals surface area (Å²) in [6.07, 6.45) is 1.30. The Morgan fingerprint density at radius 3 is 2.70 bits per heavy atom. The van der Waals surface area contributed by atoms with E-state index >= 15 is 0 Å². The number of nitrogen functional groups attached to an aromatic ring is 1. The van der Waals surface area contributed by atoms with Crippen LogP contribution in [0.1, 0.15) is 23.7 Å². The molecule has 3 nitrogen and oxygen atoms in total. The van der Waals surface area contributed by atoms with Crippen molar-refractivity contribution >= 4 is 11.4 Å². The molecule has 0 aromatic heterocycles. The average Bonchev–Trinajstić information content (AvgIpc) is 2.88. The van der Waals surface area contributed by atoms with Gasteiger partial charge in [0, 0.05) is 30.0 Å². The molecular formula is C17H20N2O. The van der Waals surface area contributed by atoms with Crippen molar-refractivity contribution in [1.82, 2.24) is 0 Å². The number of nitrogens with two attached hydrogens (primary N) is 1. The van der Waals surface area contributed by atoms with E-state index in [2.05, 4.69) is 29.2 Å². The first kappa shape index (κ1) is 13.0. The van der Waals surface area contributed by atoms with Crippen LogP contribution in [-0.4, -0.2) is 18.2 Å². The molecule has 2 aromatic rings. The molecule has 3 N–H and O–H groups in total. The summed E-state index contributed by atoms with van der Waals surface area (Å²) in [7, 11) is 0. The summed E-state index contributed by atoms with van der Waals surface area (Å²) >= 11 is 0. The Kier molecular flexibility index (Phi) is 3.61. The van der Waals surface area contributed by atoms with Crippen LogP contribution in [0, 0.1) is 0 Å². The SMILES string of the molecule is Nc1ccccc1C(O)CCN1CCc2ccccc21. The minimum absolute atomic E-state index is 0.496. The van der Waals surface area contributed by atoms with E-state index in [0.717, 1.165) is 25.1 Å².